The molecule has 21 heavy (non-hydrogen) atoms. The average molecular weight is 290 g/mol. The zero-order valence-electron chi connectivity index (χ0n) is 13.3. The van der Waals surface area contributed by atoms with Crippen LogP contribution >= 0.6 is 0 Å². The fourth-order valence-electron chi connectivity index (χ4n) is 2.54. The average Bonchev–Trinajstić information content (AvgIpc) is 2.47. The second-order valence-corrected chi connectivity index (χ2v) is 5.40. The van der Waals surface area contributed by atoms with E-state index in [0.717, 1.165) is 18.4 Å². The van der Waals surface area contributed by atoms with Crippen LogP contribution in [0.3, 0.4) is 0 Å². The molecule has 0 aliphatic carbocycles. The van der Waals surface area contributed by atoms with E-state index < -0.39 is 6.04 Å². The number of carbonyl (C=O) groups excluding carboxylic acids is 2. The first-order valence-corrected chi connectivity index (χ1v) is 7.62. The van der Waals surface area contributed by atoms with Crippen LogP contribution in [0.5, 0.6) is 0 Å². The molecule has 0 heterocycles. The standard InChI is InChI=1S/C17H26N2O2/c1-5-14(6-2)16(15-10-8-7-9-11-15)19-17(21)12(3)18-13(4)20/h7-12,14,16H,5-6H2,1-4H3,(H,18,20)(H,19,21). The normalized spacial score (nSPS) is 13.6. The molecular formula is C17H26N2O2. The molecular weight excluding hydrogens is 264 g/mol. The Hall–Kier alpha value is -1.84. The van der Waals surface area contributed by atoms with Gasteiger partial charge in [0.25, 0.3) is 0 Å². The zero-order valence-corrected chi connectivity index (χ0v) is 13.3. The Kier molecular flexibility index (Phi) is 6.92. The van der Waals surface area contributed by atoms with Gasteiger partial charge in [0.1, 0.15) is 6.04 Å². The Morgan fingerprint density at radius 2 is 1.62 bits per heavy atom. The molecule has 4 nitrogen and oxygen atoms in total. The molecule has 0 radical (unpaired) electrons. The lowest BCUT2D eigenvalue weighted by atomic mass is 9.88. The number of amides is 2. The third-order valence-corrected chi connectivity index (χ3v) is 3.79. The monoisotopic (exact) mass is 290 g/mol. The quantitative estimate of drug-likeness (QED) is 0.811. The summed E-state index contributed by atoms with van der Waals surface area (Å²) in [6.07, 6.45) is 1.98. The van der Waals surface area contributed by atoms with Gasteiger partial charge in [0, 0.05) is 6.92 Å². The van der Waals surface area contributed by atoms with Gasteiger partial charge in [-0.3, -0.25) is 9.59 Å². The van der Waals surface area contributed by atoms with E-state index in [-0.39, 0.29) is 17.9 Å². The van der Waals surface area contributed by atoms with Crippen LogP contribution in [-0.2, 0) is 9.59 Å². The van der Waals surface area contributed by atoms with E-state index in [0.29, 0.717) is 5.92 Å². The van der Waals surface area contributed by atoms with Crippen molar-refractivity contribution in [2.75, 3.05) is 0 Å². The van der Waals surface area contributed by atoms with Crippen molar-refractivity contribution in [1.82, 2.24) is 10.6 Å². The molecule has 0 saturated carbocycles. The van der Waals surface area contributed by atoms with E-state index in [1.165, 1.54) is 6.92 Å². The van der Waals surface area contributed by atoms with E-state index in [1.807, 2.05) is 30.3 Å². The molecule has 2 amide bonds. The Labute approximate surface area is 127 Å². The van der Waals surface area contributed by atoms with Crippen molar-refractivity contribution in [3.05, 3.63) is 35.9 Å². The molecule has 1 aromatic carbocycles. The van der Waals surface area contributed by atoms with Gasteiger partial charge < -0.3 is 10.6 Å². The first-order valence-electron chi connectivity index (χ1n) is 7.62. The Morgan fingerprint density at radius 1 is 1.05 bits per heavy atom. The number of rotatable bonds is 7. The van der Waals surface area contributed by atoms with Crippen LogP contribution in [0.15, 0.2) is 30.3 Å². The van der Waals surface area contributed by atoms with Crippen molar-refractivity contribution in [3.8, 4) is 0 Å². The highest BCUT2D eigenvalue weighted by molar-refractivity contribution is 5.86. The molecule has 0 aliphatic heterocycles. The SMILES string of the molecule is CCC(CC)C(NC(=O)C(C)NC(C)=O)c1ccccc1. The molecule has 0 aliphatic rings. The molecule has 2 N–H and O–H groups in total. The third-order valence-electron chi connectivity index (χ3n) is 3.79. The van der Waals surface area contributed by atoms with Crippen LogP contribution in [0, 0.1) is 5.92 Å². The minimum Gasteiger partial charge on any atom is -0.347 e. The summed E-state index contributed by atoms with van der Waals surface area (Å²) in [6, 6.07) is 9.45. The molecule has 0 aromatic heterocycles. The predicted octanol–water partition coefficient (Wildman–Crippen LogP) is 2.80. The summed E-state index contributed by atoms with van der Waals surface area (Å²) in [7, 11) is 0. The van der Waals surface area contributed by atoms with Crippen molar-refractivity contribution < 1.29 is 9.59 Å². The van der Waals surface area contributed by atoms with E-state index >= 15 is 0 Å². The number of nitrogens with one attached hydrogen (secondary N) is 2. The largest absolute Gasteiger partial charge is 0.347 e. The molecule has 2 unspecified atom stereocenters. The second kappa shape index (κ2) is 8.45. The smallest absolute Gasteiger partial charge is 0.242 e. The van der Waals surface area contributed by atoms with Gasteiger partial charge in [0.2, 0.25) is 11.8 Å². The molecule has 2 atom stereocenters. The van der Waals surface area contributed by atoms with Gasteiger partial charge in [-0.1, -0.05) is 57.0 Å². The lowest BCUT2D eigenvalue weighted by molar-refractivity contribution is -0.128. The molecule has 0 spiro atoms. The van der Waals surface area contributed by atoms with Gasteiger partial charge >= 0.3 is 0 Å². The molecule has 0 bridgehead atoms. The van der Waals surface area contributed by atoms with Crippen LogP contribution in [0.25, 0.3) is 0 Å². The molecule has 1 aromatic rings. The predicted molar refractivity (Wildman–Crippen MR) is 84.7 cm³/mol. The van der Waals surface area contributed by atoms with Crippen molar-refractivity contribution >= 4 is 11.8 Å². The number of hydrogen-bond acceptors (Lipinski definition) is 2. The number of benzene rings is 1. The zero-order chi connectivity index (χ0) is 15.8. The Balaban J connectivity index is 2.88. The van der Waals surface area contributed by atoms with Crippen molar-refractivity contribution in [3.63, 3.8) is 0 Å². The van der Waals surface area contributed by atoms with Crippen molar-refractivity contribution in [2.24, 2.45) is 5.92 Å². The summed E-state index contributed by atoms with van der Waals surface area (Å²) in [5.74, 6) is 0.0308. The summed E-state index contributed by atoms with van der Waals surface area (Å²) >= 11 is 0. The van der Waals surface area contributed by atoms with E-state index in [2.05, 4.69) is 24.5 Å². The van der Waals surface area contributed by atoms with Crippen molar-refractivity contribution in [2.45, 2.75) is 52.6 Å². The van der Waals surface area contributed by atoms with Crippen LogP contribution in [0.2, 0.25) is 0 Å². The van der Waals surface area contributed by atoms with Crippen LogP contribution in [-0.4, -0.2) is 17.9 Å². The summed E-state index contributed by atoms with van der Waals surface area (Å²) in [5, 5.41) is 5.71. The fraction of sp³-hybridized carbons (Fsp3) is 0.529. The second-order valence-electron chi connectivity index (χ2n) is 5.40. The Morgan fingerprint density at radius 3 is 2.10 bits per heavy atom. The minimum absolute atomic E-state index is 0.0232. The topological polar surface area (TPSA) is 58.2 Å². The van der Waals surface area contributed by atoms with E-state index in [9.17, 15) is 9.59 Å². The van der Waals surface area contributed by atoms with Gasteiger partial charge in [-0.15, -0.1) is 0 Å². The van der Waals surface area contributed by atoms with E-state index in [4.69, 9.17) is 0 Å². The van der Waals surface area contributed by atoms with Crippen LogP contribution in [0.1, 0.15) is 52.1 Å². The maximum absolute atomic E-state index is 12.3. The highest BCUT2D eigenvalue weighted by Crippen LogP contribution is 2.27. The van der Waals surface area contributed by atoms with Gasteiger partial charge in [-0.25, -0.2) is 0 Å². The molecule has 0 saturated heterocycles. The molecule has 116 valence electrons. The lowest BCUT2D eigenvalue weighted by Crippen LogP contribution is -2.46. The van der Waals surface area contributed by atoms with Crippen LogP contribution < -0.4 is 10.6 Å². The maximum Gasteiger partial charge on any atom is 0.242 e. The highest BCUT2D eigenvalue weighted by atomic mass is 16.2. The minimum atomic E-state index is -0.525. The first kappa shape index (κ1) is 17.2. The van der Waals surface area contributed by atoms with Gasteiger partial charge in [0.15, 0.2) is 0 Å². The van der Waals surface area contributed by atoms with Gasteiger partial charge in [0.05, 0.1) is 6.04 Å². The number of carbonyl (C=O) groups is 2. The maximum atomic E-state index is 12.3. The summed E-state index contributed by atoms with van der Waals surface area (Å²) in [4.78, 5) is 23.3. The highest BCUT2D eigenvalue weighted by Gasteiger charge is 2.24. The first-order chi connectivity index (χ1) is 9.99. The Bertz CT molecular complexity index is 455. The fourth-order valence-corrected chi connectivity index (χ4v) is 2.54. The lowest BCUT2D eigenvalue weighted by Gasteiger charge is -2.28. The van der Waals surface area contributed by atoms with Crippen molar-refractivity contribution in [1.29, 1.82) is 0 Å². The van der Waals surface area contributed by atoms with Gasteiger partial charge in [-0.2, -0.15) is 0 Å². The molecule has 4 heteroatoms. The summed E-state index contributed by atoms with van der Waals surface area (Å²) < 4.78 is 0. The number of hydrogen-bond donors (Lipinski definition) is 2. The molecule has 0 fully saturated rings. The summed E-state index contributed by atoms with van der Waals surface area (Å²) in [6.45, 7) is 7.38. The molecule has 1 rings (SSSR count). The summed E-state index contributed by atoms with van der Waals surface area (Å²) in [5.41, 5.74) is 1.11. The van der Waals surface area contributed by atoms with Crippen LogP contribution in [0.4, 0.5) is 0 Å². The third kappa shape index (κ3) is 5.21. The van der Waals surface area contributed by atoms with Gasteiger partial charge in [-0.05, 0) is 18.4 Å². The van der Waals surface area contributed by atoms with E-state index in [1.54, 1.807) is 6.92 Å².